The fourth-order valence-corrected chi connectivity index (χ4v) is 6.72. The van der Waals surface area contributed by atoms with Crippen molar-refractivity contribution in [1.82, 2.24) is 9.21 Å². The van der Waals surface area contributed by atoms with Gasteiger partial charge in [0, 0.05) is 32.1 Å². The predicted molar refractivity (Wildman–Crippen MR) is 105 cm³/mol. The van der Waals surface area contributed by atoms with Crippen LogP contribution in [0.25, 0.3) is 0 Å². The topological polar surface area (TPSA) is 57.7 Å². The number of amides is 1. The molecule has 0 N–H and O–H groups in total. The van der Waals surface area contributed by atoms with Crippen molar-refractivity contribution in [3.63, 3.8) is 0 Å². The highest BCUT2D eigenvalue weighted by Gasteiger charge is 2.36. The Morgan fingerprint density at radius 1 is 1.08 bits per heavy atom. The van der Waals surface area contributed by atoms with Crippen molar-refractivity contribution in [3.8, 4) is 0 Å². The number of sulfonamides is 1. The summed E-state index contributed by atoms with van der Waals surface area (Å²) in [5, 5.41) is 1.78. The van der Waals surface area contributed by atoms with Gasteiger partial charge in [-0.2, -0.15) is 4.31 Å². The highest BCUT2D eigenvalue weighted by Crippen LogP contribution is 2.40. The van der Waals surface area contributed by atoms with Crippen LogP contribution in [0.5, 0.6) is 0 Å². The molecule has 1 aliphatic heterocycles. The molecule has 1 saturated heterocycles. The van der Waals surface area contributed by atoms with Crippen LogP contribution in [0.15, 0.2) is 21.7 Å². The van der Waals surface area contributed by atoms with Crippen molar-refractivity contribution < 1.29 is 13.2 Å². The zero-order valence-corrected chi connectivity index (χ0v) is 17.6. The van der Waals surface area contributed by atoms with Gasteiger partial charge in [-0.05, 0) is 48.5 Å². The number of rotatable bonds is 3. The lowest BCUT2D eigenvalue weighted by molar-refractivity contribution is -0.138. The molecule has 1 aromatic heterocycles. The molecule has 26 heavy (non-hydrogen) atoms. The number of hydrogen-bond acceptors (Lipinski definition) is 4. The van der Waals surface area contributed by atoms with E-state index in [0.29, 0.717) is 41.7 Å². The van der Waals surface area contributed by atoms with Crippen molar-refractivity contribution in [2.24, 2.45) is 17.3 Å². The van der Waals surface area contributed by atoms with Gasteiger partial charge in [-0.25, -0.2) is 8.42 Å². The van der Waals surface area contributed by atoms with Crippen LogP contribution >= 0.6 is 11.3 Å². The van der Waals surface area contributed by atoms with Gasteiger partial charge in [-0.3, -0.25) is 4.79 Å². The quantitative estimate of drug-likeness (QED) is 0.784. The van der Waals surface area contributed by atoms with Gasteiger partial charge in [0.2, 0.25) is 5.91 Å². The molecule has 1 aliphatic carbocycles. The van der Waals surface area contributed by atoms with E-state index in [1.807, 2.05) is 4.90 Å². The smallest absolute Gasteiger partial charge is 0.252 e. The largest absolute Gasteiger partial charge is 0.340 e. The summed E-state index contributed by atoms with van der Waals surface area (Å²) in [5.74, 6) is 1.04. The molecule has 2 heterocycles. The number of piperazine rings is 1. The second kappa shape index (κ2) is 7.60. The van der Waals surface area contributed by atoms with E-state index in [0.717, 1.165) is 25.7 Å². The minimum atomic E-state index is -3.40. The molecular weight excluding hydrogens is 368 g/mol. The molecule has 0 unspecified atom stereocenters. The zero-order chi connectivity index (χ0) is 18.9. The lowest BCUT2D eigenvalue weighted by Crippen LogP contribution is -2.52. The molecule has 1 amide bonds. The molecular formula is C19H30N2O3S2. The van der Waals surface area contributed by atoms with Crippen LogP contribution in [0.1, 0.15) is 46.5 Å². The lowest BCUT2D eigenvalue weighted by atomic mass is 9.69. The van der Waals surface area contributed by atoms with Crippen LogP contribution in [0.4, 0.5) is 0 Å². The summed E-state index contributed by atoms with van der Waals surface area (Å²) >= 11 is 1.25. The summed E-state index contributed by atoms with van der Waals surface area (Å²) in [5.41, 5.74) is 0.315. The number of carbonyl (C=O) groups excluding carboxylic acids is 1. The van der Waals surface area contributed by atoms with Gasteiger partial charge in [0.05, 0.1) is 0 Å². The summed E-state index contributed by atoms with van der Waals surface area (Å²) in [6.45, 7) is 8.64. The van der Waals surface area contributed by atoms with E-state index in [2.05, 4.69) is 20.8 Å². The Morgan fingerprint density at radius 3 is 2.19 bits per heavy atom. The molecule has 1 aromatic rings. The lowest BCUT2D eigenvalue weighted by Gasteiger charge is -2.39. The van der Waals surface area contributed by atoms with Gasteiger partial charge in [-0.15, -0.1) is 11.3 Å². The number of nitrogens with zero attached hydrogens (tertiary/aromatic N) is 2. The van der Waals surface area contributed by atoms with Gasteiger partial charge in [-0.1, -0.05) is 26.8 Å². The third-order valence-corrected chi connectivity index (χ3v) is 9.21. The molecule has 5 nitrogen and oxygen atoms in total. The molecule has 0 atom stereocenters. The maximum Gasteiger partial charge on any atom is 0.252 e. The standard InChI is InChI=1S/C19H30N2O3S2/c1-19(2,3)16-8-6-15(7-9-16)18(22)20-10-12-21(13-11-20)26(23,24)17-5-4-14-25-17/h4-5,14-16H,6-13H2,1-3H3. The minimum Gasteiger partial charge on any atom is -0.340 e. The molecule has 0 radical (unpaired) electrons. The number of carbonyl (C=O) groups is 1. The maximum atomic E-state index is 12.9. The van der Waals surface area contributed by atoms with E-state index >= 15 is 0 Å². The average Bonchev–Trinajstić information content (AvgIpc) is 3.16. The second-order valence-electron chi connectivity index (χ2n) is 8.58. The van der Waals surface area contributed by atoms with Crippen molar-refractivity contribution in [3.05, 3.63) is 17.5 Å². The summed E-state index contributed by atoms with van der Waals surface area (Å²) in [4.78, 5) is 14.7. The van der Waals surface area contributed by atoms with E-state index in [9.17, 15) is 13.2 Å². The summed E-state index contributed by atoms with van der Waals surface area (Å²) in [6, 6.07) is 3.40. The normalized spacial score (nSPS) is 26.0. The first-order valence-corrected chi connectivity index (χ1v) is 11.8. The SMILES string of the molecule is CC(C)(C)C1CCC(C(=O)N2CCN(S(=O)(=O)c3cccs3)CC2)CC1. The summed E-state index contributed by atoms with van der Waals surface area (Å²) < 4.78 is 27.1. The molecule has 0 bridgehead atoms. The van der Waals surface area contributed by atoms with Crippen LogP contribution in [0.3, 0.4) is 0 Å². The molecule has 2 aliphatic rings. The van der Waals surface area contributed by atoms with Crippen LogP contribution in [-0.2, 0) is 14.8 Å². The fraction of sp³-hybridized carbons (Fsp3) is 0.737. The summed E-state index contributed by atoms with van der Waals surface area (Å²) in [7, 11) is -3.40. The maximum absolute atomic E-state index is 12.9. The van der Waals surface area contributed by atoms with Gasteiger partial charge < -0.3 is 4.90 Å². The third-order valence-electron chi connectivity index (χ3n) is 5.94. The fourth-order valence-electron chi connectivity index (χ4n) is 4.15. The molecule has 1 saturated carbocycles. The monoisotopic (exact) mass is 398 g/mol. The van der Waals surface area contributed by atoms with Crippen molar-refractivity contribution in [2.75, 3.05) is 26.2 Å². The van der Waals surface area contributed by atoms with Crippen LogP contribution < -0.4 is 0 Å². The minimum absolute atomic E-state index is 0.119. The van der Waals surface area contributed by atoms with Crippen molar-refractivity contribution in [1.29, 1.82) is 0 Å². The molecule has 2 fully saturated rings. The molecule has 0 spiro atoms. The van der Waals surface area contributed by atoms with E-state index in [1.54, 1.807) is 17.5 Å². The Kier molecular flexibility index (Phi) is 5.80. The molecule has 146 valence electrons. The third kappa shape index (κ3) is 4.15. The molecule has 3 rings (SSSR count). The van der Waals surface area contributed by atoms with Crippen LogP contribution in [0, 0.1) is 17.3 Å². The van der Waals surface area contributed by atoms with Crippen molar-refractivity contribution >= 4 is 27.3 Å². The highest BCUT2D eigenvalue weighted by molar-refractivity contribution is 7.91. The molecule has 0 aromatic carbocycles. The van der Waals surface area contributed by atoms with Gasteiger partial charge in [0.15, 0.2) is 0 Å². The Hall–Kier alpha value is -0.920. The van der Waals surface area contributed by atoms with E-state index in [-0.39, 0.29) is 11.8 Å². The van der Waals surface area contributed by atoms with E-state index in [4.69, 9.17) is 0 Å². The first kappa shape index (κ1) is 19.8. The number of thiophene rings is 1. The van der Waals surface area contributed by atoms with Gasteiger partial charge >= 0.3 is 0 Å². The van der Waals surface area contributed by atoms with E-state index in [1.165, 1.54) is 15.6 Å². The molecule has 7 heteroatoms. The van der Waals surface area contributed by atoms with Crippen molar-refractivity contribution in [2.45, 2.75) is 50.7 Å². The highest BCUT2D eigenvalue weighted by atomic mass is 32.2. The zero-order valence-electron chi connectivity index (χ0n) is 16.0. The second-order valence-corrected chi connectivity index (χ2v) is 11.7. The Morgan fingerprint density at radius 2 is 1.69 bits per heavy atom. The average molecular weight is 399 g/mol. The predicted octanol–water partition coefficient (Wildman–Crippen LogP) is 3.43. The van der Waals surface area contributed by atoms with E-state index < -0.39 is 10.0 Å². The Balaban J connectivity index is 1.53. The van der Waals surface area contributed by atoms with Gasteiger partial charge in [0.1, 0.15) is 4.21 Å². The van der Waals surface area contributed by atoms with Crippen LogP contribution in [-0.4, -0.2) is 49.7 Å². The first-order valence-electron chi connectivity index (χ1n) is 9.52. The Labute approximate surface area is 161 Å². The van der Waals surface area contributed by atoms with Gasteiger partial charge in [0.25, 0.3) is 10.0 Å². The first-order chi connectivity index (χ1) is 12.2. The Bertz CT molecular complexity index is 706. The van der Waals surface area contributed by atoms with Crippen LogP contribution in [0.2, 0.25) is 0 Å². The number of hydrogen-bond donors (Lipinski definition) is 0. The summed E-state index contributed by atoms with van der Waals surface area (Å²) in [6.07, 6.45) is 4.17.